The van der Waals surface area contributed by atoms with Crippen molar-refractivity contribution in [3.05, 3.63) is 54.1 Å². The number of nitrogens with one attached hydrogen (secondary N) is 2. The lowest BCUT2D eigenvalue weighted by Gasteiger charge is -2.37. The van der Waals surface area contributed by atoms with E-state index in [4.69, 9.17) is 4.99 Å². The van der Waals surface area contributed by atoms with Crippen LogP contribution in [0.25, 0.3) is 0 Å². The van der Waals surface area contributed by atoms with Gasteiger partial charge >= 0.3 is 0 Å². The molecule has 3 N–H and O–H groups in total. The van der Waals surface area contributed by atoms with Crippen molar-refractivity contribution >= 4 is 29.9 Å². The second kappa shape index (κ2) is 12.9. The molecule has 166 valence electrons. The van der Waals surface area contributed by atoms with Crippen LogP contribution in [0.4, 0.5) is 0 Å². The number of aliphatic imine (C=N–C) groups is 1. The summed E-state index contributed by atoms with van der Waals surface area (Å²) in [4.78, 5) is 9.29. The van der Waals surface area contributed by atoms with Gasteiger partial charge in [-0.25, -0.2) is 9.98 Å². The van der Waals surface area contributed by atoms with Gasteiger partial charge in [0.25, 0.3) is 0 Å². The molecule has 0 saturated heterocycles. The molecule has 1 aliphatic rings. The van der Waals surface area contributed by atoms with Gasteiger partial charge in [0.05, 0.1) is 0 Å². The summed E-state index contributed by atoms with van der Waals surface area (Å²) in [6, 6.07) is 10.4. The van der Waals surface area contributed by atoms with E-state index in [-0.39, 0.29) is 36.0 Å². The van der Waals surface area contributed by atoms with Crippen LogP contribution in [0.3, 0.4) is 0 Å². The van der Waals surface area contributed by atoms with Gasteiger partial charge in [0.15, 0.2) is 5.96 Å². The standard InChI is InChI=1S/C23H35N5O.HI/c1-2-24-22(27-19-23(13-16-29)11-7-4-8-12-23)26-17-21-25-14-15-28(21)18-20-9-5-3-6-10-20;/h3,5-6,9-10,14-15,29H,2,4,7-8,11-13,16-19H2,1H3,(H2,24,26,27);1H. The maximum absolute atomic E-state index is 9.55. The summed E-state index contributed by atoms with van der Waals surface area (Å²) in [7, 11) is 0. The summed E-state index contributed by atoms with van der Waals surface area (Å²) < 4.78 is 2.15. The highest BCUT2D eigenvalue weighted by atomic mass is 127. The molecule has 7 heteroatoms. The van der Waals surface area contributed by atoms with E-state index in [0.29, 0.717) is 6.54 Å². The number of hydrogen-bond donors (Lipinski definition) is 3. The van der Waals surface area contributed by atoms with E-state index in [1.165, 1.54) is 37.7 Å². The normalized spacial score (nSPS) is 16.0. The van der Waals surface area contributed by atoms with Crippen LogP contribution < -0.4 is 10.6 Å². The predicted molar refractivity (Wildman–Crippen MR) is 133 cm³/mol. The van der Waals surface area contributed by atoms with Crippen LogP contribution in [-0.4, -0.2) is 40.3 Å². The van der Waals surface area contributed by atoms with Crippen molar-refractivity contribution in [3.63, 3.8) is 0 Å². The Labute approximate surface area is 197 Å². The molecule has 0 unspecified atom stereocenters. The number of aliphatic hydroxyl groups excluding tert-OH is 1. The van der Waals surface area contributed by atoms with Crippen molar-refractivity contribution in [3.8, 4) is 0 Å². The largest absolute Gasteiger partial charge is 0.396 e. The Morgan fingerprint density at radius 1 is 1.17 bits per heavy atom. The SMILES string of the molecule is CCNC(=NCc1nccn1Cc1ccccc1)NCC1(CCO)CCCCC1.I. The summed E-state index contributed by atoms with van der Waals surface area (Å²) in [5.74, 6) is 1.78. The Morgan fingerprint density at radius 2 is 1.93 bits per heavy atom. The number of imidazole rings is 1. The molecule has 0 aliphatic heterocycles. The summed E-state index contributed by atoms with van der Waals surface area (Å²) in [5, 5.41) is 16.4. The third kappa shape index (κ3) is 7.27. The lowest BCUT2D eigenvalue weighted by atomic mass is 9.72. The second-order valence-corrected chi connectivity index (χ2v) is 8.04. The number of guanidine groups is 1. The van der Waals surface area contributed by atoms with E-state index in [0.717, 1.165) is 37.8 Å². The fourth-order valence-corrected chi connectivity index (χ4v) is 4.23. The molecule has 1 heterocycles. The maximum Gasteiger partial charge on any atom is 0.191 e. The summed E-state index contributed by atoms with van der Waals surface area (Å²) in [5.41, 5.74) is 1.44. The number of aliphatic hydroxyl groups is 1. The summed E-state index contributed by atoms with van der Waals surface area (Å²) in [6.45, 7) is 5.34. The number of nitrogens with zero attached hydrogens (tertiary/aromatic N) is 3. The van der Waals surface area contributed by atoms with Gasteiger partial charge < -0.3 is 20.3 Å². The van der Waals surface area contributed by atoms with E-state index < -0.39 is 0 Å². The number of halogens is 1. The van der Waals surface area contributed by atoms with Gasteiger partial charge in [-0.15, -0.1) is 24.0 Å². The minimum Gasteiger partial charge on any atom is -0.396 e. The highest BCUT2D eigenvalue weighted by Crippen LogP contribution is 2.38. The van der Waals surface area contributed by atoms with E-state index in [1.54, 1.807) is 0 Å². The molecule has 0 spiro atoms. The zero-order valence-electron chi connectivity index (χ0n) is 18.0. The smallest absolute Gasteiger partial charge is 0.191 e. The molecule has 2 aromatic rings. The van der Waals surface area contributed by atoms with Crippen molar-refractivity contribution in [2.75, 3.05) is 19.7 Å². The van der Waals surface area contributed by atoms with Gasteiger partial charge in [0.1, 0.15) is 12.4 Å². The van der Waals surface area contributed by atoms with Gasteiger partial charge in [-0.2, -0.15) is 0 Å². The zero-order valence-corrected chi connectivity index (χ0v) is 20.3. The lowest BCUT2D eigenvalue weighted by Crippen LogP contribution is -2.45. The molecule has 1 fully saturated rings. The van der Waals surface area contributed by atoms with Gasteiger partial charge in [0.2, 0.25) is 0 Å². The number of benzene rings is 1. The average Bonchev–Trinajstić information content (AvgIpc) is 3.19. The molecular formula is C23H36IN5O. The van der Waals surface area contributed by atoms with Gasteiger partial charge in [-0.1, -0.05) is 49.6 Å². The first-order chi connectivity index (χ1) is 14.2. The van der Waals surface area contributed by atoms with Crippen LogP contribution in [0.1, 0.15) is 56.8 Å². The Balaban J connectivity index is 0.00000320. The van der Waals surface area contributed by atoms with Crippen molar-refractivity contribution in [1.29, 1.82) is 0 Å². The fourth-order valence-electron chi connectivity index (χ4n) is 4.23. The average molecular weight is 525 g/mol. The van der Waals surface area contributed by atoms with Crippen LogP contribution in [-0.2, 0) is 13.1 Å². The van der Waals surface area contributed by atoms with E-state index in [1.807, 2.05) is 18.5 Å². The molecule has 1 aromatic carbocycles. The molecule has 0 amide bonds. The molecule has 0 radical (unpaired) electrons. The molecule has 0 bridgehead atoms. The Hall–Kier alpha value is -1.61. The van der Waals surface area contributed by atoms with Crippen molar-refractivity contribution in [2.24, 2.45) is 10.4 Å². The number of rotatable bonds is 9. The fraction of sp³-hybridized carbons (Fsp3) is 0.565. The van der Waals surface area contributed by atoms with Gasteiger partial charge in [0, 0.05) is 38.6 Å². The highest BCUT2D eigenvalue weighted by molar-refractivity contribution is 14.0. The molecule has 30 heavy (non-hydrogen) atoms. The van der Waals surface area contributed by atoms with Crippen molar-refractivity contribution in [2.45, 2.75) is 58.5 Å². The minimum absolute atomic E-state index is 0. The molecule has 3 rings (SSSR count). The van der Waals surface area contributed by atoms with Crippen LogP contribution in [0.15, 0.2) is 47.7 Å². The third-order valence-corrected chi connectivity index (χ3v) is 5.91. The quantitative estimate of drug-likeness (QED) is 0.264. The first-order valence-corrected chi connectivity index (χ1v) is 10.9. The molecule has 0 atom stereocenters. The molecular weight excluding hydrogens is 489 g/mol. The third-order valence-electron chi connectivity index (χ3n) is 5.91. The zero-order chi connectivity index (χ0) is 20.4. The van der Waals surface area contributed by atoms with E-state index in [2.05, 4.69) is 51.4 Å². The minimum atomic E-state index is 0. The second-order valence-electron chi connectivity index (χ2n) is 8.04. The number of aromatic nitrogens is 2. The highest BCUT2D eigenvalue weighted by Gasteiger charge is 2.31. The van der Waals surface area contributed by atoms with Crippen LogP contribution in [0, 0.1) is 5.41 Å². The maximum atomic E-state index is 9.55. The molecule has 1 saturated carbocycles. The monoisotopic (exact) mass is 525 g/mol. The number of hydrogen-bond acceptors (Lipinski definition) is 3. The molecule has 1 aliphatic carbocycles. The first kappa shape index (κ1) is 24.7. The predicted octanol–water partition coefficient (Wildman–Crippen LogP) is 3.94. The Bertz CT molecular complexity index is 750. The summed E-state index contributed by atoms with van der Waals surface area (Å²) in [6.07, 6.45) is 10.9. The van der Waals surface area contributed by atoms with E-state index in [9.17, 15) is 5.11 Å². The van der Waals surface area contributed by atoms with Crippen LogP contribution in [0.2, 0.25) is 0 Å². The first-order valence-electron chi connectivity index (χ1n) is 10.9. The molecule has 6 nitrogen and oxygen atoms in total. The Morgan fingerprint density at radius 3 is 2.63 bits per heavy atom. The van der Waals surface area contributed by atoms with Crippen LogP contribution >= 0.6 is 24.0 Å². The summed E-state index contributed by atoms with van der Waals surface area (Å²) >= 11 is 0. The van der Waals surface area contributed by atoms with Crippen molar-refractivity contribution < 1.29 is 5.11 Å². The molecule has 1 aromatic heterocycles. The van der Waals surface area contributed by atoms with Gasteiger partial charge in [-0.3, -0.25) is 0 Å². The Kier molecular flexibility index (Phi) is 10.6. The lowest BCUT2D eigenvalue weighted by molar-refractivity contribution is 0.131. The van der Waals surface area contributed by atoms with E-state index >= 15 is 0 Å². The van der Waals surface area contributed by atoms with Gasteiger partial charge in [-0.05, 0) is 37.2 Å². The van der Waals surface area contributed by atoms with Crippen molar-refractivity contribution in [1.82, 2.24) is 20.2 Å². The van der Waals surface area contributed by atoms with Crippen LogP contribution in [0.5, 0.6) is 0 Å². The topological polar surface area (TPSA) is 74.5 Å².